The minimum absolute atomic E-state index is 0.459. The van der Waals surface area contributed by atoms with Crippen molar-refractivity contribution in [2.24, 2.45) is 0 Å². The van der Waals surface area contributed by atoms with E-state index in [1.54, 1.807) is 17.0 Å². The monoisotopic (exact) mass is 383 g/mol. The van der Waals surface area contributed by atoms with Gasteiger partial charge in [0.1, 0.15) is 16.9 Å². The molecule has 27 heavy (non-hydrogen) atoms. The molecule has 3 aromatic heterocycles. The maximum atomic E-state index is 14.5. The molecule has 6 nitrogen and oxygen atoms in total. The highest BCUT2D eigenvalue weighted by molar-refractivity contribution is 7.10. The van der Waals surface area contributed by atoms with Crippen LogP contribution in [0.15, 0.2) is 53.1 Å². The van der Waals surface area contributed by atoms with Crippen molar-refractivity contribution in [2.75, 3.05) is 5.32 Å². The smallest absolute Gasteiger partial charge is 0.156 e. The second-order valence-corrected chi connectivity index (χ2v) is 7.15. The number of imidazole rings is 1. The van der Waals surface area contributed by atoms with Crippen LogP contribution in [0, 0.1) is 13.8 Å². The fraction of sp³-hybridized carbons (Fsp3) is 0.263. The average Bonchev–Trinajstić information content (AvgIpc) is 3.35. The highest BCUT2D eigenvalue weighted by Gasteiger charge is 2.20. The van der Waals surface area contributed by atoms with Gasteiger partial charge in [-0.2, -0.15) is 4.37 Å². The van der Waals surface area contributed by atoms with Crippen molar-refractivity contribution in [3.8, 4) is 0 Å². The van der Waals surface area contributed by atoms with Crippen LogP contribution in [0.25, 0.3) is 5.57 Å². The number of nitrogens with one attached hydrogen (secondary N) is 1. The minimum atomic E-state index is -1.20. The summed E-state index contributed by atoms with van der Waals surface area (Å²) in [7, 11) is 0. The number of halogens is 1. The molecule has 0 saturated heterocycles. The summed E-state index contributed by atoms with van der Waals surface area (Å²) in [6, 6.07) is 3.34. The fourth-order valence-electron chi connectivity index (χ4n) is 2.79. The summed E-state index contributed by atoms with van der Waals surface area (Å²) < 4.78 is 25.9. The topological polar surface area (TPSA) is 68.8 Å². The van der Waals surface area contributed by atoms with Crippen molar-refractivity contribution in [3.05, 3.63) is 71.5 Å². The second-order valence-electron chi connectivity index (χ2n) is 6.35. The third kappa shape index (κ3) is 3.92. The van der Waals surface area contributed by atoms with E-state index in [-0.39, 0.29) is 0 Å². The molecule has 0 amide bonds. The van der Waals surface area contributed by atoms with Crippen molar-refractivity contribution < 1.29 is 8.91 Å². The largest absolute Gasteiger partial charge is 0.368 e. The van der Waals surface area contributed by atoms with Gasteiger partial charge in [0.25, 0.3) is 0 Å². The van der Waals surface area contributed by atoms with Crippen LogP contribution in [0.3, 0.4) is 0 Å². The van der Waals surface area contributed by atoms with Gasteiger partial charge in [-0.3, -0.25) is 0 Å². The first-order valence-electron chi connectivity index (χ1n) is 8.51. The zero-order chi connectivity index (χ0) is 18.8. The van der Waals surface area contributed by atoms with Gasteiger partial charge >= 0.3 is 0 Å². The quantitative estimate of drug-likeness (QED) is 0.667. The first-order valence-corrected chi connectivity index (χ1v) is 9.28. The fourth-order valence-corrected chi connectivity index (χ4v) is 3.44. The highest BCUT2D eigenvalue weighted by Crippen LogP contribution is 2.25. The molecule has 2 atom stereocenters. The number of aromatic nitrogens is 4. The van der Waals surface area contributed by atoms with Gasteiger partial charge in [0.15, 0.2) is 5.76 Å². The molecule has 1 aliphatic rings. The predicted octanol–water partition coefficient (Wildman–Crippen LogP) is 4.24. The van der Waals surface area contributed by atoms with E-state index < -0.39 is 12.2 Å². The molecule has 0 aromatic carbocycles. The zero-order valence-corrected chi connectivity index (χ0v) is 15.7. The molecular formula is C19H18FN5OS. The lowest BCUT2D eigenvalue weighted by Crippen LogP contribution is -2.15. The Morgan fingerprint density at radius 3 is 2.96 bits per heavy atom. The Kier molecular flexibility index (Phi) is 4.75. The molecule has 3 heterocycles. The van der Waals surface area contributed by atoms with Crippen LogP contribution < -0.4 is 5.32 Å². The third-order valence-electron chi connectivity index (χ3n) is 4.16. The van der Waals surface area contributed by atoms with E-state index >= 15 is 0 Å². The van der Waals surface area contributed by atoms with E-state index in [4.69, 9.17) is 4.52 Å². The molecule has 0 spiro atoms. The summed E-state index contributed by atoms with van der Waals surface area (Å²) in [6.07, 6.45) is 7.29. The Bertz CT molecular complexity index is 1040. The number of hydrogen-bond donors (Lipinski definition) is 1. The van der Waals surface area contributed by atoms with Crippen LogP contribution in [0.2, 0.25) is 0 Å². The standard InChI is InChI=1S/C19H18FN5OS/c1-12-7-19(27-24-12)21-9-15-8-17(23-26-15)14-3-5-16(20)18(6-4-14)25-10-13(2)22-11-25/h4-8,10-11,16,18,21H,9H2,1-2H3. The first-order chi connectivity index (χ1) is 13.1. The lowest BCUT2D eigenvalue weighted by Gasteiger charge is -2.14. The molecule has 0 fully saturated rings. The predicted molar refractivity (Wildman–Crippen MR) is 102 cm³/mol. The molecule has 0 aliphatic heterocycles. The SMILES string of the molecule is Cc1cn(C2C=CC(c3cc(CNc4cc(C)ns4)on3)=C=CC2F)cn1. The Hall–Kier alpha value is -2.96. The second kappa shape index (κ2) is 7.34. The molecule has 3 aromatic rings. The van der Waals surface area contributed by atoms with Crippen molar-refractivity contribution in [1.82, 2.24) is 19.1 Å². The van der Waals surface area contributed by atoms with Crippen molar-refractivity contribution in [3.63, 3.8) is 0 Å². The number of hydrogen-bond acceptors (Lipinski definition) is 6. The van der Waals surface area contributed by atoms with Gasteiger partial charge in [-0.1, -0.05) is 11.2 Å². The van der Waals surface area contributed by atoms with Crippen molar-refractivity contribution in [1.29, 1.82) is 0 Å². The van der Waals surface area contributed by atoms with Gasteiger partial charge in [0, 0.05) is 17.8 Å². The average molecular weight is 383 g/mol. The molecule has 2 unspecified atom stereocenters. The van der Waals surface area contributed by atoms with E-state index in [1.807, 2.05) is 38.3 Å². The van der Waals surface area contributed by atoms with Gasteiger partial charge in [-0.25, -0.2) is 9.37 Å². The molecule has 1 N–H and O–H groups in total. The minimum Gasteiger partial charge on any atom is -0.368 e. The number of nitrogens with zero attached hydrogens (tertiary/aromatic N) is 4. The summed E-state index contributed by atoms with van der Waals surface area (Å²) >= 11 is 1.40. The maximum absolute atomic E-state index is 14.5. The van der Waals surface area contributed by atoms with Crippen LogP contribution in [0.5, 0.6) is 0 Å². The van der Waals surface area contributed by atoms with E-state index in [9.17, 15) is 4.39 Å². The Balaban J connectivity index is 1.48. The maximum Gasteiger partial charge on any atom is 0.156 e. The summed E-state index contributed by atoms with van der Waals surface area (Å²) in [5, 5.41) is 8.30. The van der Waals surface area contributed by atoms with Gasteiger partial charge in [0.05, 0.1) is 30.3 Å². The lowest BCUT2D eigenvalue weighted by atomic mass is 10.1. The van der Waals surface area contributed by atoms with Crippen LogP contribution in [0.1, 0.15) is 28.9 Å². The number of alkyl halides is 1. The third-order valence-corrected chi connectivity index (χ3v) is 5.00. The normalized spacial score (nSPS) is 19.1. The van der Waals surface area contributed by atoms with Gasteiger partial charge in [-0.15, -0.1) is 5.73 Å². The van der Waals surface area contributed by atoms with Crippen molar-refractivity contribution in [2.45, 2.75) is 32.6 Å². The van der Waals surface area contributed by atoms with E-state index in [2.05, 4.69) is 25.6 Å². The van der Waals surface area contributed by atoms with Crippen molar-refractivity contribution >= 4 is 22.1 Å². The Morgan fingerprint density at radius 2 is 2.22 bits per heavy atom. The summed E-state index contributed by atoms with van der Waals surface area (Å²) in [6.45, 7) is 4.32. The van der Waals surface area contributed by atoms with E-state index in [0.717, 1.165) is 16.4 Å². The molecule has 138 valence electrons. The van der Waals surface area contributed by atoms with Gasteiger partial charge < -0.3 is 14.4 Å². The summed E-state index contributed by atoms with van der Waals surface area (Å²) in [5.41, 5.74) is 6.11. The highest BCUT2D eigenvalue weighted by atomic mass is 32.1. The van der Waals surface area contributed by atoms with Crippen LogP contribution in [0.4, 0.5) is 9.39 Å². The van der Waals surface area contributed by atoms with Crippen LogP contribution in [-0.4, -0.2) is 25.3 Å². The number of aryl methyl sites for hydroxylation is 2. The Morgan fingerprint density at radius 1 is 1.33 bits per heavy atom. The van der Waals surface area contributed by atoms with Gasteiger partial charge in [-0.05, 0) is 43.6 Å². The molecule has 0 saturated carbocycles. The number of rotatable bonds is 5. The number of allylic oxidation sites excluding steroid dienone is 3. The molecular weight excluding hydrogens is 365 g/mol. The molecule has 4 rings (SSSR count). The lowest BCUT2D eigenvalue weighted by molar-refractivity contribution is 0.319. The molecule has 8 heteroatoms. The van der Waals surface area contributed by atoms with Crippen LogP contribution >= 0.6 is 11.5 Å². The summed E-state index contributed by atoms with van der Waals surface area (Å²) in [5.74, 6) is 0.682. The van der Waals surface area contributed by atoms with Gasteiger partial charge in [0.2, 0.25) is 0 Å². The molecule has 0 bridgehead atoms. The zero-order valence-electron chi connectivity index (χ0n) is 14.9. The van der Waals surface area contributed by atoms with E-state index in [1.165, 1.54) is 17.6 Å². The summed E-state index contributed by atoms with van der Waals surface area (Å²) in [4.78, 5) is 4.17. The molecule has 1 aliphatic carbocycles. The first kappa shape index (κ1) is 17.5. The molecule has 0 radical (unpaired) electrons. The number of anilines is 1. The van der Waals surface area contributed by atoms with Crippen LogP contribution in [-0.2, 0) is 6.54 Å². The van der Waals surface area contributed by atoms with E-state index in [0.29, 0.717) is 23.6 Å². The Labute approximate surface area is 159 Å².